The summed E-state index contributed by atoms with van der Waals surface area (Å²) in [6, 6.07) is 7.86. The van der Waals surface area contributed by atoms with Crippen LogP contribution in [0, 0.1) is 25.5 Å². The largest absolute Gasteiger partial charge is 0.271 e. The van der Waals surface area contributed by atoms with Gasteiger partial charge in [-0.15, -0.1) is 0 Å². The Hall–Kier alpha value is -1.30. The predicted octanol–water partition coefficient (Wildman–Crippen LogP) is 4.09. The molecule has 0 heterocycles. The third-order valence-corrected chi connectivity index (χ3v) is 4.77. The highest BCUT2D eigenvalue weighted by Crippen LogP contribution is 2.27. The Kier molecular flexibility index (Phi) is 5.08. The second kappa shape index (κ2) is 6.64. The first-order chi connectivity index (χ1) is 9.93. The maximum absolute atomic E-state index is 13.8. The van der Waals surface area contributed by atoms with Crippen molar-refractivity contribution in [2.24, 2.45) is 5.84 Å². The third-order valence-electron chi connectivity index (χ3n) is 3.52. The fourth-order valence-corrected chi connectivity index (χ4v) is 2.61. The van der Waals surface area contributed by atoms with Crippen LogP contribution in [-0.4, -0.2) is 0 Å². The molecular weight excluding hydrogens is 338 g/mol. The summed E-state index contributed by atoms with van der Waals surface area (Å²) in [5.41, 5.74) is 6.08. The number of halogens is 3. The Balaban J connectivity index is 2.34. The lowest BCUT2D eigenvalue weighted by Crippen LogP contribution is -2.30. The van der Waals surface area contributed by atoms with Gasteiger partial charge >= 0.3 is 0 Å². The van der Waals surface area contributed by atoms with E-state index in [1.54, 1.807) is 6.07 Å². The normalized spacial score (nSPS) is 12.5. The minimum Gasteiger partial charge on any atom is -0.271 e. The zero-order valence-corrected chi connectivity index (χ0v) is 13.5. The molecule has 0 saturated heterocycles. The van der Waals surface area contributed by atoms with Gasteiger partial charge < -0.3 is 0 Å². The number of hydrazine groups is 1. The monoisotopic (exact) mass is 354 g/mol. The molecule has 2 aromatic rings. The van der Waals surface area contributed by atoms with E-state index in [0.717, 1.165) is 27.2 Å². The molecule has 112 valence electrons. The van der Waals surface area contributed by atoms with Crippen molar-refractivity contribution < 1.29 is 8.78 Å². The molecule has 0 aromatic heterocycles. The van der Waals surface area contributed by atoms with Gasteiger partial charge in [0.15, 0.2) is 11.6 Å². The van der Waals surface area contributed by atoms with Crippen molar-refractivity contribution in [2.75, 3.05) is 0 Å². The predicted molar refractivity (Wildman–Crippen MR) is 83.7 cm³/mol. The van der Waals surface area contributed by atoms with Crippen LogP contribution >= 0.6 is 15.9 Å². The van der Waals surface area contributed by atoms with E-state index in [1.807, 2.05) is 26.0 Å². The van der Waals surface area contributed by atoms with Gasteiger partial charge in [0.1, 0.15) is 0 Å². The number of hydrogen-bond acceptors (Lipinski definition) is 2. The van der Waals surface area contributed by atoms with Crippen LogP contribution < -0.4 is 11.3 Å². The summed E-state index contributed by atoms with van der Waals surface area (Å²) in [5, 5.41) is 0. The highest BCUT2D eigenvalue weighted by atomic mass is 79.9. The van der Waals surface area contributed by atoms with E-state index in [-0.39, 0.29) is 12.5 Å². The lowest BCUT2D eigenvalue weighted by atomic mass is 9.96. The van der Waals surface area contributed by atoms with Crippen molar-refractivity contribution in [3.63, 3.8) is 0 Å². The highest BCUT2D eigenvalue weighted by molar-refractivity contribution is 9.10. The maximum atomic E-state index is 13.8. The Morgan fingerprint density at radius 3 is 2.38 bits per heavy atom. The van der Waals surface area contributed by atoms with Gasteiger partial charge in [0.2, 0.25) is 0 Å². The van der Waals surface area contributed by atoms with E-state index < -0.39 is 11.6 Å². The molecule has 1 unspecified atom stereocenters. The fourth-order valence-electron chi connectivity index (χ4n) is 2.38. The van der Waals surface area contributed by atoms with Crippen LogP contribution in [0.2, 0.25) is 0 Å². The van der Waals surface area contributed by atoms with E-state index in [1.165, 1.54) is 6.07 Å². The van der Waals surface area contributed by atoms with Gasteiger partial charge in [-0.05, 0) is 48.6 Å². The Bertz CT molecular complexity index is 636. The lowest BCUT2D eigenvalue weighted by Gasteiger charge is -2.19. The molecule has 0 saturated carbocycles. The zero-order valence-electron chi connectivity index (χ0n) is 11.9. The van der Waals surface area contributed by atoms with Crippen LogP contribution in [0.3, 0.4) is 0 Å². The topological polar surface area (TPSA) is 38.0 Å². The van der Waals surface area contributed by atoms with Crippen molar-refractivity contribution in [1.82, 2.24) is 5.43 Å². The fraction of sp³-hybridized carbons (Fsp3) is 0.250. The molecule has 0 spiro atoms. The summed E-state index contributed by atoms with van der Waals surface area (Å²) in [4.78, 5) is 0. The Morgan fingerprint density at radius 1 is 1.19 bits per heavy atom. The summed E-state index contributed by atoms with van der Waals surface area (Å²) < 4.78 is 28.1. The van der Waals surface area contributed by atoms with E-state index >= 15 is 0 Å². The molecule has 21 heavy (non-hydrogen) atoms. The van der Waals surface area contributed by atoms with Crippen molar-refractivity contribution in [1.29, 1.82) is 0 Å². The quantitative estimate of drug-likeness (QED) is 0.640. The van der Waals surface area contributed by atoms with Crippen LogP contribution in [0.5, 0.6) is 0 Å². The van der Waals surface area contributed by atoms with Crippen LogP contribution in [-0.2, 0) is 6.42 Å². The van der Waals surface area contributed by atoms with Gasteiger partial charge in [0.05, 0.1) is 6.04 Å². The first-order valence-electron chi connectivity index (χ1n) is 6.59. The molecule has 0 aliphatic rings. The number of nitrogens with one attached hydrogen (secondary N) is 1. The number of rotatable bonds is 4. The van der Waals surface area contributed by atoms with E-state index in [4.69, 9.17) is 5.84 Å². The molecule has 2 nitrogen and oxygen atoms in total. The van der Waals surface area contributed by atoms with E-state index in [9.17, 15) is 8.78 Å². The van der Waals surface area contributed by atoms with Crippen molar-refractivity contribution >= 4 is 15.9 Å². The Morgan fingerprint density at radius 2 is 1.81 bits per heavy atom. The summed E-state index contributed by atoms with van der Waals surface area (Å²) in [5.74, 6) is 3.94. The molecule has 0 bridgehead atoms. The van der Waals surface area contributed by atoms with Gasteiger partial charge in [-0.1, -0.05) is 40.2 Å². The second-order valence-electron chi connectivity index (χ2n) is 5.11. The summed E-state index contributed by atoms with van der Waals surface area (Å²) in [6.45, 7) is 3.97. The molecule has 5 heteroatoms. The van der Waals surface area contributed by atoms with Crippen LogP contribution in [0.15, 0.2) is 34.8 Å². The van der Waals surface area contributed by atoms with Gasteiger partial charge in [-0.3, -0.25) is 11.3 Å². The average molecular weight is 355 g/mol. The number of benzene rings is 2. The summed E-state index contributed by atoms with van der Waals surface area (Å²) in [7, 11) is 0. The molecule has 0 aliphatic heterocycles. The molecular formula is C16H17BrF2N2. The molecule has 0 fully saturated rings. The van der Waals surface area contributed by atoms with Gasteiger partial charge in [-0.25, -0.2) is 8.78 Å². The maximum Gasteiger partial charge on any atom is 0.162 e. The molecule has 0 aliphatic carbocycles. The van der Waals surface area contributed by atoms with Gasteiger partial charge in [0.25, 0.3) is 0 Å². The van der Waals surface area contributed by atoms with E-state index in [0.29, 0.717) is 5.56 Å². The molecule has 0 radical (unpaired) electrons. The minimum absolute atomic E-state index is 0.278. The SMILES string of the molecule is Cc1cc(C(Cc2cccc(F)c2F)NN)cc(C)c1Br. The van der Waals surface area contributed by atoms with Gasteiger partial charge in [0, 0.05) is 4.47 Å². The second-order valence-corrected chi connectivity index (χ2v) is 5.90. The van der Waals surface area contributed by atoms with Crippen molar-refractivity contribution in [2.45, 2.75) is 26.3 Å². The summed E-state index contributed by atoms with van der Waals surface area (Å²) in [6.07, 6.45) is 0.278. The number of hydrogen-bond donors (Lipinski definition) is 2. The smallest absolute Gasteiger partial charge is 0.162 e. The van der Waals surface area contributed by atoms with Crippen molar-refractivity contribution in [3.8, 4) is 0 Å². The molecule has 0 amide bonds. The average Bonchev–Trinajstić information content (AvgIpc) is 2.46. The third kappa shape index (κ3) is 3.48. The lowest BCUT2D eigenvalue weighted by molar-refractivity contribution is 0.481. The molecule has 1 atom stereocenters. The molecule has 2 aromatic carbocycles. The van der Waals surface area contributed by atoms with Crippen molar-refractivity contribution in [3.05, 3.63) is 68.7 Å². The van der Waals surface area contributed by atoms with Crippen LogP contribution in [0.1, 0.15) is 28.3 Å². The van der Waals surface area contributed by atoms with Gasteiger partial charge in [-0.2, -0.15) is 0 Å². The summed E-state index contributed by atoms with van der Waals surface area (Å²) >= 11 is 3.51. The highest BCUT2D eigenvalue weighted by Gasteiger charge is 2.16. The van der Waals surface area contributed by atoms with Crippen LogP contribution in [0.4, 0.5) is 8.78 Å². The Labute approximate surface area is 131 Å². The number of aryl methyl sites for hydroxylation is 2. The first-order valence-corrected chi connectivity index (χ1v) is 7.39. The first kappa shape index (κ1) is 16.1. The van der Waals surface area contributed by atoms with E-state index in [2.05, 4.69) is 21.4 Å². The van der Waals surface area contributed by atoms with Crippen LogP contribution in [0.25, 0.3) is 0 Å². The standard InChI is InChI=1S/C16H17BrF2N2/c1-9-6-12(7-10(2)15(9)17)14(21-20)8-11-4-3-5-13(18)16(11)19/h3-7,14,21H,8,20H2,1-2H3. The minimum atomic E-state index is -0.841. The molecule has 2 rings (SSSR count). The zero-order chi connectivity index (χ0) is 15.6. The number of nitrogens with two attached hydrogens (primary N) is 1. The molecule has 3 N–H and O–H groups in total.